The van der Waals surface area contributed by atoms with Crippen LogP contribution < -0.4 is 10.0 Å². The fraction of sp³-hybridized carbons (Fsp3) is 0.364. The van der Waals surface area contributed by atoms with Gasteiger partial charge in [-0.05, 0) is 54.2 Å². The molecule has 0 saturated carbocycles. The number of hydrogen-bond donors (Lipinski definition) is 4. The Morgan fingerprint density at radius 1 is 0.906 bits per heavy atom. The minimum Gasteiger partial charge on any atom is -0.480 e. The summed E-state index contributed by atoms with van der Waals surface area (Å²) in [6, 6.07) is 9.49. The minimum absolute atomic E-state index is 0.00795. The molecule has 2 aromatic rings. The molecule has 2 atom stereocenters. The van der Waals surface area contributed by atoms with Gasteiger partial charge in [0, 0.05) is 6.54 Å². The van der Waals surface area contributed by atoms with Crippen molar-refractivity contribution in [2.75, 3.05) is 6.54 Å². The van der Waals surface area contributed by atoms with Gasteiger partial charge in [-0.2, -0.15) is 0 Å². The highest BCUT2D eigenvalue weighted by Gasteiger charge is 2.27. The fourth-order valence-corrected chi connectivity index (χ4v) is 4.17. The molecule has 8 nitrogen and oxygen atoms in total. The van der Waals surface area contributed by atoms with Gasteiger partial charge in [0.1, 0.15) is 17.9 Å². The van der Waals surface area contributed by atoms with E-state index in [-0.39, 0.29) is 36.0 Å². The van der Waals surface area contributed by atoms with E-state index in [4.69, 9.17) is 0 Å². The van der Waals surface area contributed by atoms with Gasteiger partial charge in [-0.25, -0.2) is 17.5 Å². The first-order chi connectivity index (χ1) is 15.0. The summed E-state index contributed by atoms with van der Waals surface area (Å²) in [7, 11) is -3.90. The molecule has 0 fully saturated rings. The van der Waals surface area contributed by atoms with Gasteiger partial charge < -0.3 is 10.2 Å². The molecular weight excluding hydrogens is 439 g/mol. The topological polar surface area (TPSA) is 133 Å². The third-order valence-corrected chi connectivity index (χ3v) is 6.25. The summed E-state index contributed by atoms with van der Waals surface area (Å²) in [6.45, 7) is 3.45. The van der Waals surface area contributed by atoms with E-state index in [2.05, 4.69) is 10.0 Å². The SMILES string of the molecule is CC(C)C[C@H](NC(CCNS(=O)(=O)c1ccc(-c2ccc(F)cc2)cc1)C(=O)O)C(=O)O. The third kappa shape index (κ3) is 7.40. The number of carboxylic acid groups (broad SMARTS) is 2. The fourth-order valence-electron chi connectivity index (χ4n) is 3.12. The Hall–Kier alpha value is -2.82. The summed E-state index contributed by atoms with van der Waals surface area (Å²) in [5, 5.41) is 21.3. The highest BCUT2D eigenvalue weighted by molar-refractivity contribution is 7.89. The van der Waals surface area contributed by atoms with Crippen LogP contribution in [0.2, 0.25) is 0 Å². The average molecular weight is 467 g/mol. The number of nitrogens with one attached hydrogen (secondary N) is 2. The molecule has 0 aliphatic carbocycles. The van der Waals surface area contributed by atoms with E-state index in [0.29, 0.717) is 5.56 Å². The van der Waals surface area contributed by atoms with E-state index in [0.717, 1.165) is 5.56 Å². The Bertz CT molecular complexity index is 1020. The maximum atomic E-state index is 13.1. The Kier molecular flexibility index (Phi) is 8.88. The van der Waals surface area contributed by atoms with Crippen LogP contribution >= 0.6 is 0 Å². The van der Waals surface area contributed by atoms with Crippen molar-refractivity contribution in [3.63, 3.8) is 0 Å². The van der Waals surface area contributed by atoms with Gasteiger partial charge in [0.15, 0.2) is 0 Å². The second-order valence-electron chi connectivity index (χ2n) is 7.80. The van der Waals surface area contributed by atoms with Crippen LogP contribution in [0.1, 0.15) is 26.7 Å². The van der Waals surface area contributed by atoms with E-state index in [1.54, 1.807) is 24.3 Å². The summed E-state index contributed by atoms with van der Waals surface area (Å²) in [6.07, 6.45) is 0.106. The summed E-state index contributed by atoms with van der Waals surface area (Å²) in [5.41, 5.74) is 1.44. The number of halogens is 1. The van der Waals surface area contributed by atoms with Crippen LogP contribution in [0, 0.1) is 11.7 Å². The molecule has 0 heterocycles. The molecule has 10 heteroatoms. The largest absolute Gasteiger partial charge is 0.480 e. The summed E-state index contributed by atoms with van der Waals surface area (Å²) < 4.78 is 40.5. The van der Waals surface area contributed by atoms with Crippen molar-refractivity contribution in [3.8, 4) is 11.1 Å². The predicted molar refractivity (Wildman–Crippen MR) is 117 cm³/mol. The first-order valence-electron chi connectivity index (χ1n) is 10.1. The highest BCUT2D eigenvalue weighted by Crippen LogP contribution is 2.21. The summed E-state index contributed by atoms with van der Waals surface area (Å²) >= 11 is 0. The van der Waals surface area contributed by atoms with Crippen LogP contribution in [0.15, 0.2) is 53.4 Å². The van der Waals surface area contributed by atoms with E-state index in [1.165, 1.54) is 24.3 Å². The second kappa shape index (κ2) is 11.2. The summed E-state index contributed by atoms with van der Waals surface area (Å²) in [5.74, 6) is -2.76. The standard InChI is InChI=1S/C22H27FN2O6S/c1-14(2)13-20(22(28)29)25-19(21(26)27)11-12-24-32(30,31)18-9-5-16(6-10-18)15-3-7-17(23)8-4-15/h3-10,14,19-20,24-25H,11-13H2,1-2H3,(H,26,27)(H,28,29)/t19?,20-/m0/s1. The van der Waals surface area contributed by atoms with E-state index in [1.807, 2.05) is 13.8 Å². The second-order valence-corrected chi connectivity index (χ2v) is 9.56. The Morgan fingerprint density at radius 3 is 1.88 bits per heavy atom. The van der Waals surface area contributed by atoms with Crippen molar-refractivity contribution >= 4 is 22.0 Å². The molecule has 32 heavy (non-hydrogen) atoms. The van der Waals surface area contributed by atoms with E-state index < -0.39 is 34.0 Å². The van der Waals surface area contributed by atoms with Crippen LogP contribution in [-0.4, -0.2) is 49.2 Å². The minimum atomic E-state index is -3.90. The van der Waals surface area contributed by atoms with Crippen molar-refractivity contribution in [2.45, 2.75) is 43.7 Å². The number of sulfonamides is 1. The van der Waals surface area contributed by atoms with Gasteiger partial charge in [-0.3, -0.25) is 14.9 Å². The molecule has 0 radical (unpaired) electrons. The molecule has 4 N–H and O–H groups in total. The van der Waals surface area contributed by atoms with Crippen LogP contribution in [0.4, 0.5) is 4.39 Å². The molecule has 2 rings (SSSR count). The number of carboxylic acids is 2. The van der Waals surface area contributed by atoms with Gasteiger partial charge in [-0.15, -0.1) is 0 Å². The molecule has 0 bridgehead atoms. The number of hydrogen-bond acceptors (Lipinski definition) is 5. The Morgan fingerprint density at radius 2 is 1.41 bits per heavy atom. The molecule has 0 spiro atoms. The maximum Gasteiger partial charge on any atom is 0.320 e. The Labute approximate surface area is 186 Å². The predicted octanol–water partition coefficient (Wildman–Crippen LogP) is 2.70. The molecule has 174 valence electrons. The summed E-state index contributed by atoms with van der Waals surface area (Å²) in [4.78, 5) is 22.9. The normalized spacial score (nSPS) is 13.6. The number of aliphatic carboxylic acids is 2. The lowest BCUT2D eigenvalue weighted by Crippen LogP contribution is -2.48. The van der Waals surface area contributed by atoms with Crippen molar-refractivity contribution < 1.29 is 32.6 Å². The van der Waals surface area contributed by atoms with Crippen molar-refractivity contribution in [1.82, 2.24) is 10.0 Å². The zero-order chi connectivity index (χ0) is 23.9. The van der Waals surface area contributed by atoms with Gasteiger partial charge >= 0.3 is 11.9 Å². The van der Waals surface area contributed by atoms with Gasteiger partial charge in [0.05, 0.1) is 4.90 Å². The van der Waals surface area contributed by atoms with Crippen molar-refractivity contribution in [2.24, 2.45) is 5.92 Å². The van der Waals surface area contributed by atoms with Crippen LogP contribution in [0.25, 0.3) is 11.1 Å². The first kappa shape index (κ1) is 25.4. The van der Waals surface area contributed by atoms with Gasteiger partial charge in [0.2, 0.25) is 10.0 Å². The monoisotopic (exact) mass is 466 g/mol. The molecule has 0 amide bonds. The molecule has 0 aromatic heterocycles. The number of rotatable bonds is 12. The zero-order valence-electron chi connectivity index (χ0n) is 17.8. The molecule has 0 aliphatic rings. The number of benzene rings is 2. The lowest BCUT2D eigenvalue weighted by Gasteiger charge is -2.21. The highest BCUT2D eigenvalue weighted by atomic mass is 32.2. The van der Waals surface area contributed by atoms with Crippen LogP contribution in [0.5, 0.6) is 0 Å². The maximum absolute atomic E-state index is 13.1. The molecule has 2 aromatic carbocycles. The van der Waals surface area contributed by atoms with Crippen molar-refractivity contribution in [1.29, 1.82) is 0 Å². The number of carbonyl (C=O) groups is 2. The first-order valence-corrected chi connectivity index (χ1v) is 11.5. The van der Waals surface area contributed by atoms with Gasteiger partial charge in [0.25, 0.3) is 0 Å². The van der Waals surface area contributed by atoms with E-state index >= 15 is 0 Å². The average Bonchev–Trinajstić information content (AvgIpc) is 2.72. The molecule has 1 unspecified atom stereocenters. The lowest BCUT2D eigenvalue weighted by atomic mass is 10.0. The van der Waals surface area contributed by atoms with E-state index in [9.17, 15) is 32.6 Å². The molecular formula is C22H27FN2O6S. The lowest BCUT2D eigenvalue weighted by molar-refractivity contribution is -0.143. The van der Waals surface area contributed by atoms with Crippen molar-refractivity contribution in [3.05, 3.63) is 54.3 Å². The quantitative estimate of drug-likeness (QED) is 0.378. The smallest absolute Gasteiger partial charge is 0.320 e. The van der Waals surface area contributed by atoms with Crippen LogP contribution in [0.3, 0.4) is 0 Å². The zero-order valence-corrected chi connectivity index (χ0v) is 18.6. The molecule has 0 aliphatic heterocycles. The van der Waals surface area contributed by atoms with Crippen LogP contribution in [-0.2, 0) is 19.6 Å². The Balaban J connectivity index is 2.00. The molecule has 0 saturated heterocycles. The third-order valence-electron chi connectivity index (χ3n) is 4.77. The van der Waals surface area contributed by atoms with Gasteiger partial charge in [-0.1, -0.05) is 38.1 Å².